The summed E-state index contributed by atoms with van der Waals surface area (Å²) in [6.45, 7) is -0.251. The highest BCUT2D eigenvalue weighted by Gasteiger charge is 2.91. The average molecular weight is 543 g/mol. The topological polar surface area (TPSA) is 153 Å². The lowest BCUT2D eigenvalue weighted by Gasteiger charge is -2.64. The Hall–Kier alpha value is -2.61. The van der Waals surface area contributed by atoms with E-state index >= 15 is 0 Å². The normalized spacial score (nSPS) is 45.1. The minimum Gasteiger partial charge on any atom is -0.491 e. The SMILES string of the molecule is O=C(OCC12C3OC4CC(O)(O3)C1CC42OC1OC(COc2ccccc2)C(O)C(O)C1O)c1ccccc1. The van der Waals surface area contributed by atoms with Gasteiger partial charge in [-0.3, -0.25) is 0 Å². The van der Waals surface area contributed by atoms with Crippen LogP contribution in [0.2, 0.25) is 0 Å². The number of carbonyl (C=O) groups is 1. The van der Waals surface area contributed by atoms with Gasteiger partial charge >= 0.3 is 5.97 Å². The molecule has 0 amide bonds. The van der Waals surface area contributed by atoms with Gasteiger partial charge in [-0.25, -0.2) is 4.79 Å². The van der Waals surface area contributed by atoms with Crippen molar-refractivity contribution >= 4 is 5.97 Å². The number of hydrogen-bond acceptors (Lipinski definition) is 11. The van der Waals surface area contributed by atoms with Crippen LogP contribution in [0.5, 0.6) is 5.75 Å². The second-order valence-electron chi connectivity index (χ2n) is 11.0. The van der Waals surface area contributed by atoms with Gasteiger partial charge in [-0.1, -0.05) is 36.4 Å². The number of carbonyl (C=O) groups excluding carboxylic acids is 1. The van der Waals surface area contributed by atoms with Crippen LogP contribution in [-0.4, -0.2) is 94.1 Å². The van der Waals surface area contributed by atoms with Gasteiger partial charge in [-0.15, -0.1) is 0 Å². The minimum absolute atomic E-state index is 0.101. The fourth-order valence-corrected chi connectivity index (χ4v) is 7.07. The smallest absolute Gasteiger partial charge is 0.338 e. The second kappa shape index (κ2) is 8.95. The maximum Gasteiger partial charge on any atom is 0.338 e. The molecule has 3 saturated carbocycles. The number of esters is 1. The molecule has 4 saturated heterocycles. The summed E-state index contributed by atoms with van der Waals surface area (Å²) in [5.74, 6) is -1.87. The van der Waals surface area contributed by atoms with Gasteiger partial charge in [0.05, 0.1) is 17.1 Å². The molecule has 4 heterocycles. The molecule has 6 bridgehead atoms. The summed E-state index contributed by atoms with van der Waals surface area (Å²) in [6, 6.07) is 17.5. The summed E-state index contributed by atoms with van der Waals surface area (Å²) in [7, 11) is 0. The maximum absolute atomic E-state index is 12.8. The van der Waals surface area contributed by atoms with Crippen LogP contribution >= 0.6 is 0 Å². The standard InChI is InChI=1S/C28H30O11/c29-20-17(13-34-16-9-5-2-6-10-16)36-24(22(31)21(20)30)38-27-11-18-26(27,25-37-19(27)12-28(18,33)39-25)14-35-23(32)15-7-3-1-4-8-15/h1-10,17-22,24-25,29-31,33H,11-14H2. The Labute approximate surface area is 223 Å². The van der Waals surface area contributed by atoms with Gasteiger partial charge in [0, 0.05) is 12.3 Å². The van der Waals surface area contributed by atoms with Gasteiger partial charge in [-0.2, -0.15) is 0 Å². The first-order chi connectivity index (χ1) is 18.8. The third-order valence-electron chi connectivity index (χ3n) is 9.08. The van der Waals surface area contributed by atoms with Crippen LogP contribution in [0.25, 0.3) is 0 Å². The fraction of sp³-hybridized carbons (Fsp3) is 0.536. The number of aliphatic hydroxyl groups excluding tert-OH is 3. The third kappa shape index (κ3) is 3.55. The van der Waals surface area contributed by atoms with Crippen molar-refractivity contribution in [2.45, 2.75) is 67.3 Å². The highest BCUT2D eigenvalue weighted by atomic mass is 16.8. The van der Waals surface area contributed by atoms with E-state index in [0.29, 0.717) is 17.7 Å². The van der Waals surface area contributed by atoms with Crippen molar-refractivity contribution in [1.29, 1.82) is 0 Å². The molecule has 11 heteroatoms. The quantitative estimate of drug-likeness (QED) is 0.342. The molecule has 2 aromatic rings. The molecular formula is C28H30O11. The van der Waals surface area contributed by atoms with Gasteiger partial charge in [0.2, 0.25) is 0 Å². The van der Waals surface area contributed by atoms with E-state index in [1.165, 1.54) is 0 Å². The Morgan fingerprint density at radius 1 is 0.923 bits per heavy atom. The predicted molar refractivity (Wildman–Crippen MR) is 129 cm³/mol. The van der Waals surface area contributed by atoms with Crippen LogP contribution in [0.1, 0.15) is 23.2 Å². The lowest BCUT2D eigenvalue weighted by atomic mass is 9.44. The molecule has 208 valence electrons. The maximum atomic E-state index is 12.8. The van der Waals surface area contributed by atoms with E-state index < -0.39 is 71.8 Å². The van der Waals surface area contributed by atoms with Crippen molar-refractivity contribution < 1.29 is 53.6 Å². The first kappa shape index (κ1) is 25.4. The minimum atomic E-state index is -1.58. The predicted octanol–water partition coefficient (Wildman–Crippen LogP) is 0.339. The molecule has 2 aromatic carbocycles. The highest BCUT2D eigenvalue weighted by molar-refractivity contribution is 5.89. The van der Waals surface area contributed by atoms with E-state index in [0.717, 1.165) is 0 Å². The first-order valence-corrected chi connectivity index (χ1v) is 13.1. The summed E-state index contributed by atoms with van der Waals surface area (Å²) in [6.07, 6.45) is -8.00. The lowest BCUT2D eigenvalue weighted by molar-refractivity contribution is -0.403. The summed E-state index contributed by atoms with van der Waals surface area (Å²) in [5.41, 5.74) is -1.80. The Bertz CT molecular complexity index is 1230. The second-order valence-corrected chi connectivity index (χ2v) is 11.0. The zero-order valence-corrected chi connectivity index (χ0v) is 20.9. The molecule has 3 aliphatic carbocycles. The van der Waals surface area contributed by atoms with Gasteiger partial charge in [0.25, 0.3) is 0 Å². The molecule has 11 unspecified atom stereocenters. The van der Waals surface area contributed by atoms with Crippen molar-refractivity contribution in [3.8, 4) is 5.75 Å². The number of ether oxygens (including phenoxy) is 6. The first-order valence-electron chi connectivity index (χ1n) is 13.1. The van der Waals surface area contributed by atoms with E-state index in [1.54, 1.807) is 54.6 Å². The third-order valence-corrected chi connectivity index (χ3v) is 9.08. The molecule has 9 rings (SSSR count). The lowest BCUT2D eigenvalue weighted by Crippen LogP contribution is -2.77. The van der Waals surface area contributed by atoms with Crippen molar-refractivity contribution in [3.63, 3.8) is 0 Å². The largest absolute Gasteiger partial charge is 0.491 e. The van der Waals surface area contributed by atoms with E-state index in [1.807, 2.05) is 6.07 Å². The molecule has 11 atom stereocenters. The van der Waals surface area contributed by atoms with Gasteiger partial charge in [0.15, 0.2) is 18.4 Å². The Balaban J connectivity index is 1.12. The summed E-state index contributed by atoms with van der Waals surface area (Å²) in [5, 5.41) is 43.2. The summed E-state index contributed by atoms with van der Waals surface area (Å²) in [4.78, 5) is 12.8. The van der Waals surface area contributed by atoms with E-state index in [-0.39, 0.29) is 19.6 Å². The monoisotopic (exact) mass is 542 g/mol. The zero-order chi connectivity index (χ0) is 27.0. The Kier molecular flexibility index (Phi) is 5.82. The molecule has 0 aromatic heterocycles. The van der Waals surface area contributed by atoms with Crippen LogP contribution in [0, 0.1) is 11.3 Å². The van der Waals surface area contributed by atoms with Crippen LogP contribution in [-0.2, 0) is 23.7 Å². The van der Waals surface area contributed by atoms with Crippen LogP contribution in [0.4, 0.5) is 0 Å². The van der Waals surface area contributed by atoms with Crippen molar-refractivity contribution in [1.82, 2.24) is 0 Å². The molecule has 0 radical (unpaired) electrons. The molecule has 4 aliphatic heterocycles. The molecular weight excluding hydrogens is 512 g/mol. The van der Waals surface area contributed by atoms with Crippen molar-refractivity contribution in [3.05, 3.63) is 66.2 Å². The van der Waals surface area contributed by atoms with E-state index in [2.05, 4.69) is 0 Å². The number of benzene rings is 2. The number of hydrogen-bond donors (Lipinski definition) is 4. The van der Waals surface area contributed by atoms with Gasteiger partial charge in [0.1, 0.15) is 49.0 Å². The Morgan fingerprint density at radius 3 is 2.38 bits per heavy atom. The number of aliphatic hydroxyl groups is 4. The molecule has 7 fully saturated rings. The zero-order valence-electron chi connectivity index (χ0n) is 20.9. The van der Waals surface area contributed by atoms with E-state index in [4.69, 9.17) is 28.4 Å². The molecule has 39 heavy (non-hydrogen) atoms. The molecule has 4 N–H and O–H groups in total. The average Bonchev–Trinajstić information content (AvgIpc) is 3.16. The van der Waals surface area contributed by atoms with Crippen LogP contribution in [0.15, 0.2) is 60.7 Å². The fourth-order valence-electron chi connectivity index (χ4n) is 7.07. The van der Waals surface area contributed by atoms with Crippen LogP contribution < -0.4 is 4.74 Å². The van der Waals surface area contributed by atoms with Gasteiger partial charge in [-0.05, 0) is 30.7 Å². The summed E-state index contributed by atoms with van der Waals surface area (Å²) < 4.78 is 35.8. The van der Waals surface area contributed by atoms with Crippen molar-refractivity contribution in [2.24, 2.45) is 11.3 Å². The van der Waals surface area contributed by atoms with Crippen LogP contribution in [0.3, 0.4) is 0 Å². The summed E-state index contributed by atoms with van der Waals surface area (Å²) >= 11 is 0. The molecule has 7 aliphatic rings. The number of para-hydroxylation sites is 1. The van der Waals surface area contributed by atoms with Gasteiger partial charge < -0.3 is 48.8 Å². The number of rotatable bonds is 8. The van der Waals surface area contributed by atoms with E-state index in [9.17, 15) is 25.2 Å². The molecule has 11 nitrogen and oxygen atoms in total. The molecule has 0 spiro atoms. The van der Waals surface area contributed by atoms with Crippen molar-refractivity contribution in [2.75, 3.05) is 13.2 Å². The Morgan fingerprint density at radius 2 is 1.64 bits per heavy atom. The highest BCUT2D eigenvalue weighted by Crippen LogP contribution is 2.78.